The van der Waals surface area contributed by atoms with Crippen molar-refractivity contribution in [2.24, 2.45) is 11.8 Å². The molecule has 1 rings (SSSR count). The van der Waals surface area contributed by atoms with Gasteiger partial charge in [-0.2, -0.15) is 0 Å². The fraction of sp³-hybridized carbons (Fsp3) is 0.595. The predicted octanol–water partition coefficient (Wildman–Crippen LogP) is 2.08. The second-order valence-corrected chi connectivity index (χ2v) is 12.7. The number of ether oxygens (including phenoxy) is 1. The monoisotopic (exact) mass is 678 g/mol. The molecule has 0 spiro atoms. The molecule has 0 fully saturated rings. The molecule has 0 aromatic heterocycles. The van der Waals surface area contributed by atoms with Crippen LogP contribution in [0.3, 0.4) is 0 Å². The Bertz CT molecular complexity index is 1080. The van der Waals surface area contributed by atoms with E-state index in [4.69, 9.17) is 4.74 Å². The summed E-state index contributed by atoms with van der Waals surface area (Å²) in [6, 6.07) is 0. The maximum absolute atomic E-state index is 11.9. The van der Waals surface area contributed by atoms with E-state index in [1.807, 2.05) is 24.3 Å². The van der Waals surface area contributed by atoms with Crippen molar-refractivity contribution in [3.8, 4) is 0 Å². The molecule has 11 atom stereocenters. The molecule has 11 nitrogen and oxygen atoms in total. The second kappa shape index (κ2) is 25.3. The van der Waals surface area contributed by atoms with Crippen LogP contribution in [0.1, 0.15) is 65.2 Å². The lowest BCUT2D eigenvalue weighted by Crippen LogP contribution is -2.34. The van der Waals surface area contributed by atoms with E-state index in [-0.39, 0.29) is 63.9 Å². The van der Waals surface area contributed by atoms with Crippen LogP contribution in [0.4, 0.5) is 0 Å². The van der Waals surface area contributed by atoms with Crippen molar-refractivity contribution < 1.29 is 55.5 Å². The number of aliphatic hydroxyl groups is 9. The van der Waals surface area contributed by atoms with Crippen molar-refractivity contribution in [1.29, 1.82) is 0 Å². The Morgan fingerprint density at radius 2 is 0.938 bits per heavy atom. The maximum Gasteiger partial charge on any atom is 0.330 e. The number of carbonyl (C=O) groups excluding carboxylic acids is 1. The van der Waals surface area contributed by atoms with Crippen molar-refractivity contribution in [3.63, 3.8) is 0 Å². The van der Waals surface area contributed by atoms with E-state index < -0.39 is 66.8 Å². The summed E-state index contributed by atoms with van der Waals surface area (Å²) < 4.78 is 5.20. The van der Waals surface area contributed by atoms with Crippen LogP contribution in [0.15, 0.2) is 85.1 Å². The molecule has 0 aliphatic carbocycles. The van der Waals surface area contributed by atoms with Crippen LogP contribution < -0.4 is 0 Å². The topological polar surface area (TPSA) is 208 Å². The van der Waals surface area contributed by atoms with E-state index in [0.717, 1.165) is 0 Å². The summed E-state index contributed by atoms with van der Waals surface area (Å²) in [5.41, 5.74) is 0. The summed E-state index contributed by atoms with van der Waals surface area (Å²) in [6.45, 7) is 3.56. The molecule has 48 heavy (non-hydrogen) atoms. The number of rotatable bonds is 0. The molecule has 0 radical (unpaired) electrons. The zero-order valence-electron chi connectivity index (χ0n) is 28.1. The SMILES string of the molecule is C[C@@H]1[C@@H](O)C\C=C/C=C\C=C/C=C\C=C/C=C\C(=O)OC[C@H](C)/C=C\[C@H](O)C[C@H](O)C[C@H](O)C[C@H](O)C[C@H](O)C[C@H](O)C[C@H](O)C[C@@H]1O. The summed E-state index contributed by atoms with van der Waals surface area (Å²) in [5.74, 6) is -1.26. The summed E-state index contributed by atoms with van der Waals surface area (Å²) in [5, 5.41) is 93.2. The van der Waals surface area contributed by atoms with E-state index in [9.17, 15) is 50.8 Å². The first-order valence-corrected chi connectivity index (χ1v) is 16.7. The largest absolute Gasteiger partial charge is 0.462 e. The number of allylic oxidation sites excluding steroid dienone is 10. The standard InChI is InChI=1S/C37H58O11/c1-26-16-17-28(38)18-29(39)19-30(40)20-31(41)21-32(42)22-33(43)23-34(44)24-36(46)27(2)35(45)14-12-10-8-6-4-3-5-7-9-11-13-15-37(47)48-25-26/h3-13,15-17,26-36,38-46H,14,18-25H2,1-2H3/b4-3-,7-5-,8-6-,11-9-,12-10-,15-13-,17-16-/t26-,27-,28+,29+,30+,31+,32+,33+,34+,35+,36+/m1/s1. The normalized spacial score (nSPS) is 40.4. The lowest BCUT2D eigenvalue weighted by molar-refractivity contribution is -0.138. The number of hydrogen-bond donors (Lipinski definition) is 9. The molecule has 0 aromatic rings. The summed E-state index contributed by atoms with van der Waals surface area (Å²) in [6.07, 6.45) is 13.7. The third kappa shape index (κ3) is 22.0. The molecule has 9 N–H and O–H groups in total. The van der Waals surface area contributed by atoms with Gasteiger partial charge in [-0.05, 0) is 44.9 Å². The molecule has 0 amide bonds. The molecule has 0 unspecified atom stereocenters. The minimum Gasteiger partial charge on any atom is -0.462 e. The van der Waals surface area contributed by atoms with E-state index >= 15 is 0 Å². The average molecular weight is 679 g/mol. The lowest BCUT2D eigenvalue weighted by Gasteiger charge is -2.26. The first kappa shape index (κ1) is 43.3. The predicted molar refractivity (Wildman–Crippen MR) is 184 cm³/mol. The van der Waals surface area contributed by atoms with Gasteiger partial charge in [0.2, 0.25) is 0 Å². The highest BCUT2D eigenvalue weighted by Crippen LogP contribution is 2.20. The van der Waals surface area contributed by atoms with E-state index in [1.54, 1.807) is 62.5 Å². The lowest BCUT2D eigenvalue weighted by atomic mass is 9.90. The number of cyclic esters (lactones) is 1. The zero-order chi connectivity index (χ0) is 35.9. The third-order valence-electron chi connectivity index (χ3n) is 7.86. The van der Waals surface area contributed by atoms with Gasteiger partial charge in [0, 0.05) is 24.3 Å². The van der Waals surface area contributed by atoms with Gasteiger partial charge in [-0.1, -0.05) is 92.8 Å². The van der Waals surface area contributed by atoms with Gasteiger partial charge in [0.15, 0.2) is 0 Å². The smallest absolute Gasteiger partial charge is 0.330 e. The molecule has 11 heteroatoms. The molecule has 1 aliphatic heterocycles. The zero-order valence-corrected chi connectivity index (χ0v) is 28.1. The van der Waals surface area contributed by atoms with Crippen LogP contribution in [-0.4, -0.2) is 113 Å². The van der Waals surface area contributed by atoms with Gasteiger partial charge in [0.25, 0.3) is 0 Å². The molecule has 272 valence electrons. The minimum atomic E-state index is -1.13. The van der Waals surface area contributed by atoms with Crippen LogP contribution in [0.25, 0.3) is 0 Å². The average Bonchev–Trinajstić information content (AvgIpc) is 2.99. The van der Waals surface area contributed by atoms with Crippen molar-refractivity contribution in [1.82, 2.24) is 0 Å². The fourth-order valence-corrected chi connectivity index (χ4v) is 5.05. The van der Waals surface area contributed by atoms with Gasteiger partial charge in [-0.15, -0.1) is 0 Å². The van der Waals surface area contributed by atoms with Crippen molar-refractivity contribution in [2.75, 3.05) is 6.61 Å². The number of esters is 1. The Kier molecular flexibility index (Phi) is 22.8. The highest BCUT2D eigenvalue weighted by Gasteiger charge is 2.26. The number of carbonyl (C=O) groups is 1. The molecule has 0 saturated carbocycles. The summed E-state index contributed by atoms with van der Waals surface area (Å²) in [7, 11) is 0. The van der Waals surface area contributed by atoms with Gasteiger partial charge in [-0.25, -0.2) is 4.79 Å². The number of aliphatic hydroxyl groups excluding tert-OH is 9. The van der Waals surface area contributed by atoms with Crippen LogP contribution >= 0.6 is 0 Å². The molecule has 0 bridgehead atoms. The molecule has 1 heterocycles. The highest BCUT2D eigenvalue weighted by molar-refractivity contribution is 5.82. The van der Waals surface area contributed by atoms with Crippen molar-refractivity contribution in [3.05, 3.63) is 85.1 Å². The Balaban J connectivity index is 2.84. The Morgan fingerprint density at radius 1 is 0.521 bits per heavy atom. The van der Waals surface area contributed by atoms with E-state index in [2.05, 4.69) is 0 Å². The van der Waals surface area contributed by atoms with Gasteiger partial charge < -0.3 is 50.7 Å². The third-order valence-corrected chi connectivity index (χ3v) is 7.86. The van der Waals surface area contributed by atoms with Crippen LogP contribution in [0.5, 0.6) is 0 Å². The molecule has 0 saturated heterocycles. The maximum atomic E-state index is 11.9. The second-order valence-electron chi connectivity index (χ2n) is 12.7. The molecular formula is C37H58O11. The Morgan fingerprint density at radius 3 is 1.44 bits per heavy atom. The van der Waals surface area contributed by atoms with E-state index in [1.165, 1.54) is 12.2 Å². The van der Waals surface area contributed by atoms with Crippen molar-refractivity contribution in [2.45, 2.75) is 120 Å². The molecule has 0 aromatic carbocycles. The van der Waals surface area contributed by atoms with Gasteiger partial charge in [0.05, 0.1) is 61.5 Å². The highest BCUT2D eigenvalue weighted by atomic mass is 16.5. The quantitative estimate of drug-likeness (QED) is 0.134. The van der Waals surface area contributed by atoms with Gasteiger partial charge >= 0.3 is 5.97 Å². The first-order chi connectivity index (χ1) is 22.8. The summed E-state index contributed by atoms with van der Waals surface area (Å²) in [4.78, 5) is 11.9. The molecular weight excluding hydrogens is 620 g/mol. The van der Waals surface area contributed by atoms with E-state index in [0.29, 0.717) is 0 Å². The number of hydrogen-bond acceptors (Lipinski definition) is 11. The molecule has 1 aliphatic rings. The van der Waals surface area contributed by atoms with Gasteiger partial charge in [0.1, 0.15) is 0 Å². The van der Waals surface area contributed by atoms with Crippen LogP contribution in [0.2, 0.25) is 0 Å². The minimum absolute atomic E-state index is 0.0627. The van der Waals surface area contributed by atoms with Crippen LogP contribution in [-0.2, 0) is 9.53 Å². The van der Waals surface area contributed by atoms with Crippen molar-refractivity contribution >= 4 is 5.97 Å². The van der Waals surface area contributed by atoms with Crippen LogP contribution in [0, 0.1) is 11.8 Å². The Labute approximate surface area is 284 Å². The summed E-state index contributed by atoms with van der Waals surface area (Å²) >= 11 is 0. The Hall–Kier alpha value is -2.71. The fourth-order valence-electron chi connectivity index (χ4n) is 5.05. The van der Waals surface area contributed by atoms with Gasteiger partial charge in [-0.3, -0.25) is 0 Å². The first-order valence-electron chi connectivity index (χ1n) is 16.7.